The number of alkyl carbamates (subject to hydrolysis) is 1. The predicted molar refractivity (Wildman–Crippen MR) is 106 cm³/mol. The van der Waals surface area contributed by atoms with Crippen molar-refractivity contribution in [2.45, 2.75) is 50.7 Å². The lowest BCUT2D eigenvalue weighted by Crippen LogP contribution is -2.43. The van der Waals surface area contributed by atoms with Crippen molar-refractivity contribution in [1.29, 1.82) is 0 Å². The molecular weight excluding hydrogens is 346 g/mol. The van der Waals surface area contributed by atoms with Gasteiger partial charge < -0.3 is 10.1 Å². The summed E-state index contributed by atoms with van der Waals surface area (Å²) in [5.41, 5.74) is 1.63. The van der Waals surface area contributed by atoms with Gasteiger partial charge in [0.2, 0.25) is 0 Å². The third-order valence-electron chi connectivity index (χ3n) is 3.68. The summed E-state index contributed by atoms with van der Waals surface area (Å²) in [6.45, 7) is 7.46. The lowest BCUT2D eigenvalue weighted by Gasteiger charge is -2.23. The minimum Gasteiger partial charge on any atom is -0.444 e. The van der Waals surface area contributed by atoms with Crippen LogP contribution in [0.1, 0.15) is 31.9 Å². The number of benzene rings is 2. The SMILES string of the molecule is Cc1ccc(S(=O)C[C@@H](Cc2ccccc2)NC(=O)OC(C)(C)C)cc1. The van der Waals surface area contributed by atoms with E-state index in [2.05, 4.69) is 5.32 Å². The van der Waals surface area contributed by atoms with Crippen molar-refractivity contribution >= 4 is 16.9 Å². The van der Waals surface area contributed by atoms with E-state index in [1.807, 2.05) is 82.3 Å². The Bertz CT molecular complexity index is 736. The molecule has 0 saturated heterocycles. The van der Waals surface area contributed by atoms with Crippen LogP contribution in [0.2, 0.25) is 0 Å². The van der Waals surface area contributed by atoms with Gasteiger partial charge in [-0.15, -0.1) is 0 Å². The van der Waals surface area contributed by atoms with Crippen molar-refractivity contribution < 1.29 is 13.7 Å². The molecule has 0 aromatic heterocycles. The quantitative estimate of drug-likeness (QED) is 0.824. The second-order valence-corrected chi connectivity index (χ2v) is 8.85. The first-order valence-corrected chi connectivity index (χ1v) is 10.0. The summed E-state index contributed by atoms with van der Waals surface area (Å²) in [6.07, 6.45) is 0.108. The molecule has 2 atom stereocenters. The van der Waals surface area contributed by atoms with Crippen LogP contribution in [0.25, 0.3) is 0 Å². The Kier molecular flexibility index (Phi) is 6.98. The Hall–Kier alpha value is -2.14. The second-order valence-electron chi connectivity index (χ2n) is 7.36. The number of carbonyl (C=O) groups excluding carboxylic acids is 1. The molecule has 0 spiro atoms. The molecular formula is C21H27NO3S. The summed E-state index contributed by atoms with van der Waals surface area (Å²) in [5.74, 6) is 0.331. The second kappa shape index (κ2) is 8.99. The van der Waals surface area contributed by atoms with E-state index in [0.717, 1.165) is 16.0 Å². The molecule has 0 saturated carbocycles. The molecule has 140 valence electrons. The van der Waals surface area contributed by atoms with Crippen LogP contribution in [0.4, 0.5) is 4.79 Å². The van der Waals surface area contributed by atoms with Gasteiger partial charge in [-0.2, -0.15) is 0 Å². The maximum absolute atomic E-state index is 12.7. The number of hydrogen-bond donors (Lipinski definition) is 1. The number of nitrogens with one attached hydrogen (secondary N) is 1. The Morgan fingerprint density at radius 3 is 2.27 bits per heavy atom. The molecule has 0 aliphatic rings. The largest absolute Gasteiger partial charge is 0.444 e. The first-order chi connectivity index (χ1) is 12.2. The Morgan fingerprint density at radius 2 is 1.69 bits per heavy atom. The van der Waals surface area contributed by atoms with E-state index < -0.39 is 22.5 Å². The molecule has 4 nitrogen and oxygen atoms in total. The van der Waals surface area contributed by atoms with Gasteiger partial charge in [0.25, 0.3) is 0 Å². The van der Waals surface area contributed by atoms with Crippen LogP contribution in [0, 0.1) is 6.92 Å². The highest BCUT2D eigenvalue weighted by molar-refractivity contribution is 7.85. The van der Waals surface area contributed by atoms with Crippen LogP contribution in [0.5, 0.6) is 0 Å². The summed E-state index contributed by atoms with van der Waals surface area (Å²) < 4.78 is 18.1. The zero-order chi connectivity index (χ0) is 19.2. The third kappa shape index (κ3) is 7.00. The summed E-state index contributed by atoms with van der Waals surface area (Å²) in [5, 5.41) is 2.88. The molecule has 2 aromatic carbocycles. The molecule has 0 aliphatic carbocycles. The van der Waals surface area contributed by atoms with Gasteiger partial charge in [-0.3, -0.25) is 4.21 Å². The third-order valence-corrected chi connectivity index (χ3v) is 5.19. The van der Waals surface area contributed by atoms with Crippen LogP contribution in [0.15, 0.2) is 59.5 Å². The smallest absolute Gasteiger partial charge is 0.407 e. The maximum atomic E-state index is 12.7. The van der Waals surface area contributed by atoms with Crippen molar-refractivity contribution in [1.82, 2.24) is 5.32 Å². The van der Waals surface area contributed by atoms with E-state index in [1.54, 1.807) is 0 Å². The zero-order valence-electron chi connectivity index (χ0n) is 15.8. The number of aryl methyl sites for hydroxylation is 1. The van der Waals surface area contributed by atoms with Crippen LogP contribution in [-0.4, -0.2) is 27.7 Å². The van der Waals surface area contributed by atoms with Gasteiger partial charge in [-0.25, -0.2) is 4.79 Å². The summed E-state index contributed by atoms with van der Waals surface area (Å²) >= 11 is 0. The Balaban J connectivity index is 2.10. The van der Waals surface area contributed by atoms with Gasteiger partial charge >= 0.3 is 6.09 Å². The minimum atomic E-state index is -1.21. The predicted octanol–water partition coefficient (Wildman–Crippen LogP) is 4.24. The average Bonchev–Trinajstić information content (AvgIpc) is 2.54. The lowest BCUT2D eigenvalue weighted by molar-refractivity contribution is 0.0509. The first kappa shape index (κ1) is 20.2. The van der Waals surface area contributed by atoms with E-state index in [0.29, 0.717) is 12.2 Å². The minimum absolute atomic E-state index is 0.283. The van der Waals surface area contributed by atoms with Crippen molar-refractivity contribution in [2.75, 3.05) is 5.75 Å². The highest BCUT2D eigenvalue weighted by Crippen LogP contribution is 2.13. The fourth-order valence-corrected chi connectivity index (χ4v) is 3.69. The number of carbonyl (C=O) groups is 1. The fraction of sp³-hybridized carbons (Fsp3) is 0.381. The van der Waals surface area contributed by atoms with Crippen LogP contribution < -0.4 is 5.32 Å². The molecule has 2 aromatic rings. The number of ether oxygens (including phenoxy) is 1. The van der Waals surface area contributed by atoms with Gasteiger partial charge in [0.05, 0.1) is 10.8 Å². The Labute approximate surface area is 158 Å². The standard InChI is InChI=1S/C21H27NO3S/c1-16-10-12-19(13-11-16)26(24)15-18(14-17-8-6-5-7-9-17)22-20(23)25-21(2,3)4/h5-13,18H,14-15H2,1-4H3,(H,22,23)/t18-,26?/m1/s1. The van der Waals surface area contributed by atoms with Crippen molar-refractivity contribution in [3.63, 3.8) is 0 Å². The zero-order valence-corrected chi connectivity index (χ0v) is 16.6. The topological polar surface area (TPSA) is 55.4 Å². The highest BCUT2D eigenvalue weighted by atomic mass is 32.2. The molecule has 5 heteroatoms. The van der Waals surface area contributed by atoms with Crippen molar-refractivity contribution in [2.24, 2.45) is 0 Å². The van der Waals surface area contributed by atoms with E-state index in [9.17, 15) is 9.00 Å². The summed E-state index contributed by atoms with van der Waals surface area (Å²) in [4.78, 5) is 13.0. The molecule has 0 bridgehead atoms. The molecule has 26 heavy (non-hydrogen) atoms. The number of rotatable bonds is 6. The van der Waals surface area contributed by atoms with Gasteiger partial charge in [-0.1, -0.05) is 48.0 Å². The molecule has 1 unspecified atom stereocenters. The molecule has 1 N–H and O–H groups in total. The van der Waals surface area contributed by atoms with Gasteiger partial charge in [0.15, 0.2) is 0 Å². The van der Waals surface area contributed by atoms with E-state index >= 15 is 0 Å². The first-order valence-electron chi connectivity index (χ1n) is 8.71. The van der Waals surface area contributed by atoms with Crippen LogP contribution >= 0.6 is 0 Å². The van der Waals surface area contributed by atoms with Crippen LogP contribution in [0.3, 0.4) is 0 Å². The van der Waals surface area contributed by atoms with Gasteiger partial charge in [0, 0.05) is 16.7 Å². The average molecular weight is 374 g/mol. The number of hydrogen-bond acceptors (Lipinski definition) is 3. The molecule has 2 rings (SSSR count). The van der Waals surface area contributed by atoms with Crippen molar-refractivity contribution in [3.8, 4) is 0 Å². The Morgan fingerprint density at radius 1 is 1.08 bits per heavy atom. The molecule has 1 amide bonds. The molecule has 0 aliphatic heterocycles. The lowest BCUT2D eigenvalue weighted by atomic mass is 10.1. The van der Waals surface area contributed by atoms with E-state index in [1.165, 1.54) is 0 Å². The summed E-state index contributed by atoms with van der Waals surface area (Å²) in [6, 6.07) is 17.2. The molecule has 0 fully saturated rings. The molecule has 0 radical (unpaired) electrons. The highest BCUT2D eigenvalue weighted by Gasteiger charge is 2.21. The fourth-order valence-electron chi connectivity index (χ4n) is 2.49. The van der Waals surface area contributed by atoms with E-state index in [-0.39, 0.29) is 6.04 Å². The van der Waals surface area contributed by atoms with Gasteiger partial charge in [0.1, 0.15) is 5.60 Å². The molecule has 0 heterocycles. The van der Waals surface area contributed by atoms with Crippen LogP contribution in [-0.2, 0) is 22.0 Å². The monoisotopic (exact) mass is 373 g/mol. The normalized spacial score (nSPS) is 13.7. The van der Waals surface area contributed by atoms with Crippen molar-refractivity contribution in [3.05, 3.63) is 65.7 Å². The summed E-state index contributed by atoms with van der Waals surface area (Å²) in [7, 11) is -1.21. The van der Waals surface area contributed by atoms with E-state index in [4.69, 9.17) is 4.74 Å². The van der Waals surface area contributed by atoms with Gasteiger partial charge in [-0.05, 0) is 51.8 Å². The maximum Gasteiger partial charge on any atom is 0.407 e. The number of amides is 1.